The molecule has 1 amide bonds. The second kappa shape index (κ2) is 6.04. The van der Waals surface area contributed by atoms with E-state index in [-0.39, 0.29) is 18.0 Å². The molecule has 1 aliphatic carbocycles. The van der Waals surface area contributed by atoms with Gasteiger partial charge in [0.15, 0.2) is 0 Å². The van der Waals surface area contributed by atoms with Crippen LogP contribution >= 0.6 is 0 Å². The maximum atomic E-state index is 12.3. The lowest BCUT2D eigenvalue weighted by Crippen LogP contribution is -2.23. The molecule has 1 aromatic carbocycles. The van der Waals surface area contributed by atoms with Crippen LogP contribution in [0.25, 0.3) is 10.9 Å². The quantitative estimate of drug-likeness (QED) is 0.723. The second-order valence-corrected chi connectivity index (χ2v) is 5.97. The lowest BCUT2D eigenvalue weighted by Gasteiger charge is -2.08. The predicted molar refractivity (Wildman–Crippen MR) is 82.4 cm³/mol. The summed E-state index contributed by atoms with van der Waals surface area (Å²) in [5.41, 5.74) is 0.553. The molecule has 1 fully saturated rings. The number of rotatable bonds is 5. The Labute approximate surface area is 144 Å². The number of hydrogen-bond donors (Lipinski definition) is 2. The normalized spacial score (nSPS) is 14.6. The van der Waals surface area contributed by atoms with Crippen molar-refractivity contribution in [3.8, 4) is 5.75 Å². The van der Waals surface area contributed by atoms with Crippen molar-refractivity contribution in [3.63, 3.8) is 0 Å². The van der Waals surface area contributed by atoms with Crippen LogP contribution in [0.2, 0.25) is 0 Å². The third-order valence-electron chi connectivity index (χ3n) is 3.88. The maximum Gasteiger partial charge on any atom is 0.573 e. The van der Waals surface area contributed by atoms with Crippen LogP contribution in [0.15, 0.2) is 28.7 Å². The van der Waals surface area contributed by atoms with Crippen LogP contribution in [0.4, 0.5) is 13.2 Å². The Hall–Kier alpha value is -3.04. The van der Waals surface area contributed by atoms with Gasteiger partial charge in [-0.15, -0.1) is 23.4 Å². The monoisotopic (exact) mass is 366 g/mol. The first-order chi connectivity index (χ1) is 12.4. The van der Waals surface area contributed by atoms with E-state index in [1.54, 1.807) is 0 Å². The van der Waals surface area contributed by atoms with Crippen LogP contribution in [0.5, 0.6) is 5.75 Å². The van der Waals surface area contributed by atoms with Gasteiger partial charge in [-0.25, -0.2) is 0 Å². The zero-order valence-electron chi connectivity index (χ0n) is 13.3. The SMILES string of the molecule is O=C(NCc1nnc(C2CC2)o1)c1cc2ccc(OC(F)(F)F)cc2[nH]1. The molecule has 0 spiro atoms. The molecule has 2 N–H and O–H groups in total. The molecule has 0 saturated heterocycles. The molecular formula is C16H13F3N4O3. The molecule has 0 bridgehead atoms. The van der Waals surface area contributed by atoms with E-state index in [1.165, 1.54) is 24.3 Å². The summed E-state index contributed by atoms with van der Waals surface area (Å²) in [6, 6.07) is 5.33. The molecule has 0 radical (unpaired) electrons. The van der Waals surface area contributed by atoms with Gasteiger partial charge in [0.25, 0.3) is 5.91 Å². The highest BCUT2D eigenvalue weighted by molar-refractivity contribution is 5.98. The maximum absolute atomic E-state index is 12.3. The molecule has 7 nitrogen and oxygen atoms in total. The fourth-order valence-corrected chi connectivity index (χ4v) is 2.51. The first-order valence-corrected chi connectivity index (χ1v) is 7.86. The lowest BCUT2D eigenvalue weighted by molar-refractivity contribution is -0.274. The zero-order chi connectivity index (χ0) is 18.3. The van der Waals surface area contributed by atoms with E-state index in [4.69, 9.17) is 4.42 Å². The lowest BCUT2D eigenvalue weighted by atomic mass is 10.2. The number of fused-ring (bicyclic) bond motifs is 1. The molecule has 3 aromatic rings. The molecule has 2 heterocycles. The van der Waals surface area contributed by atoms with Crippen molar-refractivity contribution in [2.24, 2.45) is 0 Å². The first-order valence-electron chi connectivity index (χ1n) is 7.86. The fraction of sp³-hybridized carbons (Fsp3) is 0.312. The van der Waals surface area contributed by atoms with Crippen LogP contribution in [0.3, 0.4) is 0 Å². The minimum Gasteiger partial charge on any atom is -0.423 e. The molecule has 1 saturated carbocycles. The van der Waals surface area contributed by atoms with E-state index >= 15 is 0 Å². The van der Waals surface area contributed by atoms with Gasteiger partial charge in [-0.2, -0.15) is 0 Å². The van der Waals surface area contributed by atoms with Crippen molar-refractivity contribution in [3.05, 3.63) is 41.7 Å². The third-order valence-corrected chi connectivity index (χ3v) is 3.88. The molecule has 1 aliphatic rings. The largest absolute Gasteiger partial charge is 0.573 e. The molecule has 4 rings (SSSR count). The minimum absolute atomic E-state index is 0.0658. The highest BCUT2D eigenvalue weighted by Crippen LogP contribution is 2.39. The number of alkyl halides is 3. The summed E-state index contributed by atoms with van der Waals surface area (Å²) in [7, 11) is 0. The van der Waals surface area contributed by atoms with Crippen LogP contribution in [-0.2, 0) is 6.54 Å². The Kier molecular flexibility index (Phi) is 3.82. The van der Waals surface area contributed by atoms with Gasteiger partial charge in [0.2, 0.25) is 11.8 Å². The molecular weight excluding hydrogens is 353 g/mol. The minimum atomic E-state index is -4.77. The number of amides is 1. The summed E-state index contributed by atoms with van der Waals surface area (Å²) in [4.78, 5) is 15.0. The Morgan fingerprint density at radius 2 is 2.12 bits per heavy atom. The van der Waals surface area contributed by atoms with E-state index in [0.29, 0.717) is 28.6 Å². The van der Waals surface area contributed by atoms with Crippen molar-refractivity contribution in [1.82, 2.24) is 20.5 Å². The van der Waals surface area contributed by atoms with Gasteiger partial charge < -0.3 is 19.5 Å². The fourth-order valence-electron chi connectivity index (χ4n) is 2.51. The summed E-state index contributed by atoms with van der Waals surface area (Å²) < 4.78 is 46.1. The number of nitrogens with one attached hydrogen (secondary N) is 2. The van der Waals surface area contributed by atoms with Crippen LogP contribution in [0.1, 0.15) is 41.0 Å². The molecule has 0 aliphatic heterocycles. The number of ether oxygens (including phenoxy) is 1. The van der Waals surface area contributed by atoms with Gasteiger partial charge in [-0.3, -0.25) is 4.79 Å². The van der Waals surface area contributed by atoms with Crippen molar-refractivity contribution in [2.45, 2.75) is 31.7 Å². The Bertz CT molecular complexity index is 959. The van der Waals surface area contributed by atoms with Gasteiger partial charge in [0.05, 0.1) is 6.54 Å². The van der Waals surface area contributed by atoms with Crippen LogP contribution < -0.4 is 10.1 Å². The molecule has 26 heavy (non-hydrogen) atoms. The average molecular weight is 366 g/mol. The van der Waals surface area contributed by atoms with Crippen molar-refractivity contribution in [2.75, 3.05) is 0 Å². The molecule has 0 atom stereocenters. The highest BCUT2D eigenvalue weighted by atomic mass is 19.4. The van der Waals surface area contributed by atoms with Crippen LogP contribution in [0, 0.1) is 0 Å². The Balaban J connectivity index is 1.43. The number of benzene rings is 1. The average Bonchev–Trinajstić information content (AvgIpc) is 3.16. The highest BCUT2D eigenvalue weighted by Gasteiger charge is 2.31. The number of carbonyl (C=O) groups is 1. The smallest absolute Gasteiger partial charge is 0.423 e. The number of aromatic amines is 1. The molecule has 0 unspecified atom stereocenters. The van der Waals surface area contributed by atoms with E-state index in [2.05, 4.69) is 25.2 Å². The summed E-state index contributed by atoms with van der Waals surface area (Å²) in [6.45, 7) is 0.0658. The van der Waals surface area contributed by atoms with Gasteiger partial charge in [0.1, 0.15) is 11.4 Å². The van der Waals surface area contributed by atoms with Gasteiger partial charge in [0, 0.05) is 22.9 Å². The summed E-state index contributed by atoms with van der Waals surface area (Å²) >= 11 is 0. The molecule has 10 heteroatoms. The van der Waals surface area contributed by atoms with E-state index < -0.39 is 12.3 Å². The van der Waals surface area contributed by atoms with E-state index in [0.717, 1.165) is 12.8 Å². The number of halogens is 3. The number of carbonyl (C=O) groups excluding carboxylic acids is 1. The van der Waals surface area contributed by atoms with E-state index in [9.17, 15) is 18.0 Å². The van der Waals surface area contributed by atoms with Gasteiger partial charge in [-0.05, 0) is 31.0 Å². The Morgan fingerprint density at radius 1 is 1.31 bits per heavy atom. The Morgan fingerprint density at radius 3 is 2.85 bits per heavy atom. The summed E-state index contributed by atoms with van der Waals surface area (Å²) in [6.07, 6.45) is -2.71. The van der Waals surface area contributed by atoms with Crippen molar-refractivity contribution in [1.29, 1.82) is 0 Å². The molecule has 2 aromatic heterocycles. The topological polar surface area (TPSA) is 93.0 Å². The van der Waals surface area contributed by atoms with Crippen molar-refractivity contribution < 1.29 is 27.1 Å². The van der Waals surface area contributed by atoms with Gasteiger partial charge in [-0.1, -0.05) is 0 Å². The van der Waals surface area contributed by atoms with Gasteiger partial charge >= 0.3 is 6.36 Å². The predicted octanol–water partition coefficient (Wildman–Crippen LogP) is 3.26. The number of H-pyrrole nitrogens is 1. The first kappa shape index (κ1) is 16.4. The summed E-state index contributed by atoms with van der Waals surface area (Å²) in [5, 5.41) is 11.0. The third kappa shape index (κ3) is 3.63. The number of nitrogens with zero attached hydrogens (tertiary/aromatic N) is 2. The van der Waals surface area contributed by atoms with E-state index in [1.807, 2.05) is 0 Å². The number of aromatic nitrogens is 3. The van der Waals surface area contributed by atoms with Crippen LogP contribution in [-0.4, -0.2) is 27.5 Å². The standard InChI is InChI=1S/C16H13F3N4O3/c17-16(18,19)26-10-4-3-9-5-12(21-11(9)6-10)14(24)20-7-13-22-23-15(25-13)8-1-2-8/h3-6,8,21H,1-2,7H2,(H,20,24). The molecule has 136 valence electrons. The zero-order valence-corrected chi connectivity index (χ0v) is 13.3. The number of hydrogen-bond acceptors (Lipinski definition) is 5. The second-order valence-electron chi connectivity index (χ2n) is 5.97. The van der Waals surface area contributed by atoms with Crippen molar-refractivity contribution >= 4 is 16.8 Å². The summed E-state index contributed by atoms with van der Waals surface area (Å²) in [5.74, 6) is 0.408.